The third kappa shape index (κ3) is 5.86. The quantitative estimate of drug-likeness (QED) is 0.166. The van der Waals surface area contributed by atoms with Gasteiger partial charge in [0.25, 0.3) is 0 Å². The van der Waals surface area contributed by atoms with Crippen LogP contribution in [0.15, 0.2) is 211 Å². The van der Waals surface area contributed by atoms with Crippen LogP contribution in [0.3, 0.4) is 0 Å². The molecule has 0 amide bonds. The summed E-state index contributed by atoms with van der Waals surface area (Å²) in [5, 5.41) is 12.5. The summed E-state index contributed by atoms with van der Waals surface area (Å²) in [5.41, 5.74) is 8.69. The van der Waals surface area contributed by atoms with Crippen LogP contribution in [0.2, 0.25) is 0 Å². The number of furan rings is 1. The normalized spacial score (nSPS) is 12.2. The number of para-hydroxylation sites is 2. The van der Waals surface area contributed by atoms with E-state index in [1.165, 1.54) is 80.7 Å². The van der Waals surface area contributed by atoms with Crippen molar-refractivity contribution in [1.82, 2.24) is 0 Å². The predicted octanol–water partition coefficient (Wildman–Crippen LogP) is 20.0. The molecular weight excluding hydrogens is 893 g/mol. The first kappa shape index (κ1) is 37.7. The Hall–Kier alpha value is -7.52. The van der Waals surface area contributed by atoms with Gasteiger partial charge in [0.1, 0.15) is 11.2 Å². The lowest BCUT2D eigenvalue weighted by Gasteiger charge is -2.25. The summed E-state index contributed by atoms with van der Waals surface area (Å²) in [4.78, 5) is 4.77. The van der Waals surface area contributed by atoms with E-state index in [-0.39, 0.29) is 0 Å². The van der Waals surface area contributed by atoms with Gasteiger partial charge in [0.05, 0.1) is 0 Å². The molecule has 0 N–H and O–H groups in total. The van der Waals surface area contributed by atoms with Crippen molar-refractivity contribution in [3.63, 3.8) is 0 Å². The van der Waals surface area contributed by atoms with Gasteiger partial charge in [-0.2, -0.15) is 0 Å². The Morgan fingerprint density at radius 3 is 0.940 bits per heavy atom. The van der Waals surface area contributed by atoms with Crippen LogP contribution in [0.5, 0.6) is 0 Å². The Kier molecular flexibility index (Phi) is 8.15. The van der Waals surface area contributed by atoms with E-state index in [0.29, 0.717) is 0 Å². The van der Waals surface area contributed by atoms with Crippen LogP contribution in [0.25, 0.3) is 103 Å². The molecule has 0 saturated heterocycles. The van der Waals surface area contributed by atoms with Crippen LogP contribution in [0, 0.1) is 0 Å². The summed E-state index contributed by atoms with van der Waals surface area (Å²) in [5.74, 6) is 0. The maximum Gasteiger partial charge on any atom is 0.136 e. The second-order valence-electron chi connectivity index (χ2n) is 17.3. The highest BCUT2D eigenvalue weighted by atomic mass is 32.1. The molecule has 67 heavy (non-hydrogen) atoms. The third-order valence-corrected chi connectivity index (χ3v) is 17.9. The average Bonchev–Trinajstić information content (AvgIpc) is 4.19. The minimum atomic E-state index is 0.923. The van der Waals surface area contributed by atoms with E-state index in [9.17, 15) is 0 Å². The zero-order valence-corrected chi connectivity index (χ0v) is 38.8. The van der Waals surface area contributed by atoms with E-state index in [1.54, 1.807) is 0 Å². The summed E-state index contributed by atoms with van der Waals surface area (Å²) in [6.07, 6.45) is 0. The number of nitrogens with zero attached hydrogens (tertiary/aromatic N) is 2. The number of fused-ring (bicyclic) bond motifs is 15. The van der Waals surface area contributed by atoms with E-state index in [0.717, 1.165) is 56.1 Å². The second kappa shape index (κ2) is 14.5. The van der Waals surface area contributed by atoms with Crippen molar-refractivity contribution in [2.75, 3.05) is 9.80 Å². The fourth-order valence-electron chi connectivity index (χ4n) is 10.3. The first-order chi connectivity index (χ1) is 33.1. The van der Waals surface area contributed by atoms with Gasteiger partial charge in [0.15, 0.2) is 0 Å². The van der Waals surface area contributed by atoms with Gasteiger partial charge in [-0.25, -0.2) is 0 Å². The first-order valence-electron chi connectivity index (χ1n) is 22.4. The molecule has 0 aliphatic heterocycles. The van der Waals surface area contributed by atoms with Crippen LogP contribution in [0.1, 0.15) is 0 Å². The van der Waals surface area contributed by atoms with Crippen molar-refractivity contribution in [2.24, 2.45) is 0 Å². The van der Waals surface area contributed by atoms with Crippen molar-refractivity contribution in [3.8, 4) is 0 Å². The monoisotopic (exact) mass is 926 g/mol. The molecule has 0 unspecified atom stereocenters. The van der Waals surface area contributed by atoms with E-state index >= 15 is 0 Å². The van der Waals surface area contributed by atoms with E-state index in [2.05, 4.69) is 216 Å². The molecule has 3 nitrogen and oxygen atoms in total. The Balaban J connectivity index is 0.823. The highest BCUT2D eigenvalue weighted by molar-refractivity contribution is 7.27. The van der Waals surface area contributed by atoms with Gasteiger partial charge in [-0.15, -0.1) is 45.3 Å². The lowest BCUT2D eigenvalue weighted by atomic mass is 10.1. The standard InChI is InChI=1S/C60H34N2OS4/c1-3-11-35(12-4-1)61(37-19-23-43-41-15-7-9-17-53(41)64-55(43)27-37)39-21-25-45-49-31-51-47(33-59(49)66-57(45)29-39)48-34-60-50(32-52(48)63-51)46-26-22-40(30-58(46)67-60)62(36-13-5-2-6-14-36)38-20-24-44-42-16-8-10-18-54(42)65-56(44)28-38/h1-34H. The maximum atomic E-state index is 6.77. The zero-order valence-electron chi connectivity index (χ0n) is 35.6. The largest absolute Gasteiger partial charge is 0.456 e. The van der Waals surface area contributed by atoms with Crippen LogP contribution in [-0.4, -0.2) is 0 Å². The summed E-state index contributed by atoms with van der Waals surface area (Å²) in [6.45, 7) is 0. The molecule has 0 bridgehead atoms. The Bertz CT molecular complexity index is 4190. The molecule has 314 valence electrons. The number of thiophene rings is 4. The second-order valence-corrected chi connectivity index (χ2v) is 21.6. The SMILES string of the molecule is c1ccc(N(c2ccc3c(c2)sc2ccccc23)c2ccc3c(c2)sc2cc4c(cc23)oc2cc3c(cc24)sc2cc(N(c4ccccc4)c4ccc5c(c4)sc4ccccc45)ccc23)cc1. The molecule has 0 radical (unpaired) electrons. The average molecular weight is 927 g/mol. The molecule has 0 atom stereocenters. The molecule has 0 aliphatic carbocycles. The summed E-state index contributed by atoms with van der Waals surface area (Å²) in [6, 6.07) is 75.8. The molecule has 5 heterocycles. The Morgan fingerprint density at radius 2 is 0.537 bits per heavy atom. The number of rotatable bonds is 6. The van der Waals surface area contributed by atoms with Gasteiger partial charge in [0.2, 0.25) is 0 Å². The number of hydrogen-bond donors (Lipinski definition) is 0. The summed E-state index contributed by atoms with van der Waals surface area (Å²) < 4.78 is 17.0. The molecular formula is C60H34N2OS4. The van der Waals surface area contributed by atoms with Crippen LogP contribution >= 0.6 is 45.3 Å². The maximum absolute atomic E-state index is 6.77. The minimum Gasteiger partial charge on any atom is -0.456 e. The minimum absolute atomic E-state index is 0.923. The van der Waals surface area contributed by atoms with E-state index in [4.69, 9.17) is 4.42 Å². The summed E-state index contributed by atoms with van der Waals surface area (Å²) in [7, 11) is 0. The van der Waals surface area contributed by atoms with E-state index < -0.39 is 0 Å². The zero-order chi connectivity index (χ0) is 43.7. The van der Waals surface area contributed by atoms with Crippen molar-refractivity contribution >= 4 is 182 Å². The molecule has 5 aromatic heterocycles. The van der Waals surface area contributed by atoms with Gasteiger partial charge in [-0.05, 0) is 109 Å². The van der Waals surface area contributed by atoms with Crippen molar-refractivity contribution in [1.29, 1.82) is 0 Å². The molecule has 10 aromatic carbocycles. The van der Waals surface area contributed by atoms with Crippen LogP contribution < -0.4 is 9.80 Å². The number of benzene rings is 10. The van der Waals surface area contributed by atoms with Crippen molar-refractivity contribution in [2.45, 2.75) is 0 Å². The molecule has 7 heteroatoms. The van der Waals surface area contributed by atoms with Crippen LogP contribution in [-0.2, 0) is 0 Å². The third-order valence-electron chi connectivity index (χ3n) is 13.4. The molecule has 0 saturated carbocycles. The van der Waals surface area contributed by atoms with Gasteiger partial charge < -0.3 is 14.2 Å². The van der Waals surface area contributed by atoms with Gasteiger partial charge >= 0.3 is 0 Å². The molecule has 0 aliphatic rings. The van der Waals surface area contributed by atoms with Gasteiger partial charge in [0, 0.05) is 126 Å². The fourth-order valence-corrected chi connectivity index (χ4v) is 14.9. The Morgan fingerprint density at radius 1 is 0.224 bits per heavy atom. The smallest absolute Gasteiger partial charge is 0.136 e. The summed E-state index contributed by atoms with van der Waals surface area (Å²) >= 11 is 7.43. The van der Waals surface area contributed by atoms with Crippen molar-refractivity contribution < 1.29 is 4.42 Å². The first-order valence-corrected chi connectivity index (χ1v) is 25.6. The molecule has 0 fully saturated rings. The van der Waals surface area contributed by atoms with Crippen LogP contribution in [0.4, 0.5) is 34.1 Å². The molecule has 0 spiro atoms. The lowest BCUT2D eigenvalue weighted by Crippen LogP contribution is -2.09. The Labute approximate surface area is 399 Å². The topological polar surface area (TPSA) is 19.6 Å². The lowest BCUT2D eigenvalue weighted by molar-refractivity contribution is 0.670. The highest BCUT2D eigenvalue weighted by Crippen LogP contribution is 2.48. The van der Waals surface area contributed by atoms with Crippen molar-refractivity contribution in [3.05, 3.63) is 206 Å². The highest BCUT2D eigenvalue weighted by Gasteiger charge is 2.20. The molecule has 15 rings (SSSR count). The van der Waals surface area contributed by atoms with E-state index in [1.807, 2.05) is 45.3 Å². The predicted molar refractivity (Wildman–Crippen MR) is 295 cm³/mol. The van der Waals surface area contributed by atoms with Gasteiger partial charge in [-0.3, -0.25) is 0 Å². The number of hydrogen-bond acceptors (Lipinski definition) is 7. The fraction of sp³-hybridized carbons (Fsp3) is 0. The number of anilines is 6. The van der Waals surface area contributed by atoms with Gasteiger partial charge in [-0.1, -0.05) is 97.1 Å². The molecule has 15 aromatic rings.